The molecule has 1 rings (SSSR count). The molecule has 0 atom stereocenters. The van der Waals surface area contributed by atoms with Crippen LogP contribution in [0.25, 0.3) is 0 Å². The van der Waals surface area contributed by atoms with Crippen molar-refractivity contribution < 1.29 is 22.7 Å². The molecular weight excluding hydrogens is 211 g/mol. The SMILES string of the molecule is COC(=O)C1=C(C(F)(F)F)CN(C)CC1. The maximum Gasteiger partial charge on any atom is 0.414 e. The highest BCUT2D eigenvalue weighted by Crippen LogP contribution is 2.32. The zero-order chi connectivity index (χ0) is 11.6. The Kier molecular flexibility index (Phi) is 3.38. The van der Waals surface area contributed by atoms with Crippen LogP contribution in [0.1, 0.15) is 6.42 Å². The number of likely N-dealkylation sites (N-methyl/N-ethyl adjacent to an activating group) is 1. The first-order valence-corrected chi connectivity index (χ1v) is 4.42. The lowest BCUT2D eigenvalue weighted by atomic mass is 10.00. The summed E-state index contributed by atoms with van der Waals surface area (Å²) in [5.41, 5.74) is -1.04. The van der Waals surface area contributed by atoms with Crippen molar-refractivity contribution in [3.8, 4) is 0 Å². The molecule has 6 heteroatoms. The number of nitrogens with zero attached hydrogens (tertiary/aromatic N) is 1. The summed E-state index contributed by atoms with van der Waals surface area (Å²) in [5, 5.41) is 0. The third kappa shape index (κ3) is 2.71. The lowest BCUT2D eigenvalue weighted by molar-refractivity contribution is -0.138. The van der Waals surface area contributed by atoms with Crippen LogP contribution in [-0.2, 0) is 9.53 Å². The topological polar surface area (TPSA) is 29.5 Å². The number of ether oxygens (including phenoxy) is 1. The monoisotopic (exact) mass is 223 g/mol. The Balaban J connectivity index is 3.07. The van der Waals surface area contributed by atoms with E-state index < -0.39 is 17.7 Å². The third-order valence-electron chi connectivity index (χ3n) is 2.31. The molecule has 0 bridgehead atoms. The van der Waals surface area contributed by atoms with Gasteiger partial charge in [-0.25, -0.2) is 4.79 Å². The van der Waals surface area contributed by atoms with Gasteiger partial charge >= 0.3 is 12.1 Å². The molecule has 0 N–H and O–H groups in total. The van der Waals surface area contributed by atoms with E-state index in [1.54, 1.807) is 7.05 Å². The molecule has 0 unspecified atom stereocenters. The standard InChI is InChI=1S/C9H12F3NO2/c1-13-4-3-6(8(14)15-2)7(5-13)9(10,11)12/h3-5H2,1-2H3. The van der Waals surface area contributed by atoms with Crippen LogP contribution in [0.4, 0.5) is 13.2 Å². The third-order valence-corrected chi connectivity index (χ3v) is 2.31. The van der Waals surface area contributed by atoms with Gasteiger partial charge < -0.3 is 9.64 Å². The van der Waals surface area contributed by atoms with Gasteiger partial charge in [-0.15, -0.1) is 0 Å². The van der Waals surface area contributed by atoms with Crippen LogP contribution in [0.5, 0.6) is 0 Å². The van der Waals surface area contributed by atoms with Gasteiger partial charge in [0, 0.05) is 18.7 Å². The maximum atomic E-state index is 12.6. The Morgan fingerprint density at radius 1 is 1.47 bits per heavy atom. The van der Waals surface area contributed by atoms with Crippen LogP contribution in [0.2, 0.25) is 0 Å². The second-order valence-corrected chi connectivity index (χ2v) is 3.43. The van der Waals surface area contributed by atoms with E-state index in [1.807, 2.05) is 0 Å². The summed E-state index contributed by atoms with van der Waals surface area (Å²) in [6.45, 7) is 0.179. The van der Waals surface area contributed by atoms with Gasteiger partial charge in [-0.3, -0.25) is 0 Å². The van der Waals surface area contributed by atoms with E-state index in [1.165, 1.54) is 4.90 Å². The molecule has 1 heterocycles. The molecule has 1 aliphatic rings. The lowest BCUT2D eigenvalue weighted by Crippen LogP contribution is -2.35. The predicted molar refractivity (Wildman–Crippen MR) is 47.2 cm³/mol. The van der Waals surface area contributed by atoms with Gasteiger partial charge in [-0.05, 0) is 13.5 Å². The number of hydrogen-bond acceptors (Lipinski definition) is 3. The van der Waals surface area contributed by atoms with Crippen molar-refractivity contribution in [2.45, 2.75) is 12.6 Å². The Hall–Kier alpha value is -1.04. The molecule has 0 aromatic carbocycles. The number of methoxy groups -OCH3 is 1. The quantitative estimate of drug-likeness (QED) is 0.628. The first-order chi connectivity index (χ1) is 6.86. The number of hydrogen-bond donors (Lipinski definition) is 0. The van der Waals surface area contributed by atoms with Crippen LogP contribution in [0, 0.1) is 0 Å². The number of carbonyl (C=O) groups is 1. The van der Waals surface area contributed by atoms with Crippen molar-refractivity contribution in [1.29, 1.82) is 0 Å². The van der Waals surface area contributed by atoms with Gasteiger partial charge in [0.05, 0.1) is 12.7 Å². The zero-order valence-electron chi connectivity index (χ0n) is 8.52. The van der Waals surface area contributed by atoms with Gasteiger partial charge in [0.15, 0.2) is 0 Å². The van der Waals surface area contributed by atoms with E-state index in [0.29, 0.717) is 6.54 Å². The summed E-state index contributed by atoms with van der Waals surface area (Å²) in [6.07, 6.45) is -4.38. The van der Waals surface area contributed by atoms with Crippen LogP contribution >= 0.6 is 0 Å². The molecule has 15 heavy (non-hydrogen) atoms. The van der Waals surface area contributed by atoms with Gasteiger partial charge in [0.25, 0.3) is 0 Å². The number of esters is 1. The van der Waals surface area contributed by atoms with Crippen molar-refractivity contribution in [2.24, 2.45) is 0 Å². The first kappa shape index (κ1) is 12.0. The Morgan fingerprint density at radius 3 is 2.53 bits per heavy atom. The van der Waals surface area contributed by atoms with Crippen molar-refractivity contribution in [1.82, 2.24) is 4.90 Å². The number of alkyl halides is 3. The average molecular weight is 223 g/mol. The number of halogens is 3. The van der Waals surface area contributed by atoms with Crippen LogP contribution in [0.3, 0.4) is 0 Å². The second kappa shape index (κ2) is 4.22. The van der Waals surface area contributed by atoms with Crippen molar-refractivity contribution in [3.63, 3.8) is 0 Å². The van der Waals surface area contributed by atoms with E-state index in [2.05, 4.69) is 4.74 Å². The Bertz CT molecular complexity index is 296. The lowest BCUT2D eigenvalue weighted by Gasteiger charge is -2.27. The minimum atomic E-state index is -4.46. The Morgan fingerprint density at radius 2 is 2.07 bits per heavy atom. The molecule has 0 aromatic rings. The molecule has 0 saturated carbocycles. The molecule has 0 amide bonds. The molecule has 86 valence electrons. The van der Waals surface area contributed by atoms with E-state index >= 15 is 0 Å². The van der Waals surface area contributed by atoms with Gasteiger partial charge in [0.1, 0.15) is 0 Å². The van der Waals surface area contributed by atoms with E-state index in [9.17, 15) is 18.0 Å². The van der Waals surface area contributed by atoms with E-state index in [-0.39, 0.29) is 18.5 Å². The molecule has 1 aliphatic heterocycles. The number of rotatable bonds is 1. The summed E-state index contributed by atoms with van der Waals surface area (Å²) in [5.74, 6) is -0.879. The first-order valence-electron chi connectivity index (χ1n) is 4.42. The molecular formula is C9H12F3NO2. The van der Waals surface area contributed by atoms with E-state index in [0.717, 1.165) is 7.11 Å². The molecule has 0 radical (unpaired) electrons. The molecule has 3 nitrogen and oxygen atoms in total. The Labute approximate surface area is 85.5 Å². The van der Waals surface area contributed by atoms with Crippen LogP contribution in [0.15, 0.2) is 11.1 Å². The predicted octanol–water partition coefficient (Wildman–Crippen LogP) is 1.35. The summed E-state index contributed by atoms with van der Waals surface area (Å²) in [7, 11) is 2.67. The molecule has 0 fully saturated rings. The molecule has 0 aromatic heterocycles. The molecule has 0 saturated heterocycles. The largest absolute Gasteiger partial charge is 0.466 e. The molecule has 0 spiro atoms. The summed E-state index contributed by atoms with van der Waals surface area (Å²) in [6, 6.07) is 0. The van der Waals surface area contributed by atoms with E-state index in [4.69, 9.17) is 0 Å². The molecule has 0 aliphatic carbocycles. The fourth-order valence-corrected chi connectivity index (χ4v) is 1.51. The van der Waals surface area contributed by atoms with Gasteiger partial charge in [-0.2, -0.15) is 13.2 Å². The highest BCUT2D eigenvalue weighted by atomic mass is 19.4. The van der Waals surface area contributed by atoms with Gasteiger partial charge in [-0.1, -0.05) is 0 Å². The minimum absolute atomic E-state index is 0.0814. The van der Waals surface area contributed by atoms with Crippen LogP contribution < -0.4 is 0 Å². The minimum Gasteiger partial charge on any atom is -0.466 e. The maximum absolute atomic E-state index is 12.6. The summed E-state index contributed by atoms with van der Waals surface area (Å²) < 4.78 is 42.0. The summed E-state index contributed by atoms with van der Waals surface area (Å²) >= 11 is 0. The van der Waals surface area contributed by atoms with Crippen LogP contribution in [-0.4, -0.2) is 44.3 Å². The normalized spacial score (nSPS) is 19.3. The zero-order valence-corrected chi connectivity index (χ0v) is 8.52. The van der Waals surface area contributed by atoms with Crippen molar-refractivity contribution in [3.05, 3.63) is 11.1 Å². The highest BCUT2D eigenvalue weighted by molar-refractivity contribution is 5.89. The van der Waals surface area contributed by atoms with Crippen molar-refractivity contribution >= 4 is 5.97 Å². The summed E-state index contributed by atoms with van der Waals surface area (Å²) in [4.78, 5) is 12.7. The second-order valence-electron chi connectivity index (χ2n) is 3.43. The fraction of sp³-hybridized carbons (Fsp3) is 0.667. The van der Waals surface area contributed by atoms with Gasteiger partial charge in [0.2, 0.25) is 0 Å². The smallest absolute Gasteiger partial charge is 0.414 e. The fourth-order valence-electron chi connectivity index (χ4n) is 1.51. The highest BCUT2D eigenvalue weighted by Gasteiger charge is 2.40. The average Bonchev–Trinajstić information content (AvgIpc) is 2.15. The van der Waals surface area contributed by atoms with Crippen molar-refractivity contribution in [2.75, 3.05) is 27.2 Å². The number of carbonyl (C=O) groups excluding carboxylic acids is 1.